The first kappa shape index (κ1) is 21.5. The highest BCUT2D eigenvalue weighted by molar-refractivity contribution is 7.13. The van der Waals surface area contributed by atoms with Crippen molar-refractivity contribution in [3.05, 3.63) is 68.3 Å². The summed E-state index contributed by atoms with van der Waals surface area (Å²) < 4.78 is 13.3. The van der Waals surface area contributed by atoms with E-state index in [2.05, 4.69) is 20.8 Å². The molecule has 2 N–H and O–H groups in total. The van der Waals surface area contributed by atoms with E-state index in [1.807, 2.05) is 0 Å². The molecule has 1 saturated heterocycles. The third kappa shape index (κ3) is 4.95. The zero-order chi connectivity index (χ0) is 22.0. The van der Waals surface area contributed by atoms with Crippen LogP contribution in [0.3, 0.4) is 0 Å². The number of likely N-dealkylation sites (tertiary alicyclic amines) is 1. The lowest BCUT2D eigenvalue weighted by molar-refractivity contribution is 0.102. The fraction of sp³-hybridized carbons (Fsp3) is 0.200. The van der Waals surface area contributed by atoms with Crippen LogP contribution in [0.1, 0.15) is 33.7 Å². The third-order valence-electron chi connectivity index (χ3n) is 4.69. The summed E-state index contributed by atoms with van der Waals surface area (Å²) in [6, 6.07) is 10.1. The van der Waals surface area contributed by atoms with Crippen LogP contribution >= 0.6 is 34.5 Å². The van der Waals surface area contributed by atoms with Crippen LogP contribution in [0.5, 0.6) is 0 Å². The molecule has 0 saturated carbocycles. The number of carbonyl (C=O) groups excluding carboxylic acids is 2. The molecule has 0 aliphatic carbocycles. The second-order valence-corrected chi connectivity index (χ2v) is 8.67. The third-order valence-corrected chi connectivity index (χ3v) is 6.23. The van der Waals surface area contributed by atoms with Crippen molar-refractivity contribution in [3.8, 4) is 0 Å². The van der Waals surface area contributed by atoms with Crippen molar-refractivity contribution in [1.82, 2.24) is 15.1 Å². The van der Waals surface area contributed by atoms with Gasteiger partial charge in [-0.15, -0.1) is 10.2 Å². The second kappa shape index (κ2) is 9.17. The number of carbonyl (C=O) groups is 2. The Bertz CT molecular complexity index is 1140. The van der Waals surface area contributed by atoms with Gasteiger partial charge in [-0.25, -0.2) is 9.18 Å². The summed E-state index contributed by atoms with van der Waals surface area (Å²) in [5.74, 6) is -0.961. The van der Waals surface area contributed by atoms with Gasteiger partial charge in [-0.3, -0.25) is 4.79 Å². The topological polar surface area (TPSA) is 87.2 Å². The fourth-order valence-electron chi connectivity index (χ4n) is 3.25. The van der Waals surface area contributed by atoms with Crippen molar-refractivity contribution in [2.75, 3.05) is 17.2 Å². The van der Waals surface area contributed by atoms with E-state index in [1.165, 1.54) is 18.2 Å². The Kier molecular flexibility index (Phi) is 6.35. The summed E-state index contributed by atoms with van der Waals surface area (Å²) in [7, 11) is 0. The van der Waals surface area contributed by atoms with Gasteiger partial charge in [0, 0.05) is 22.9 Å². The van der Waals surface area contributed by atoms with Crippen LogP contribution in [-0.4, -0.2) is 33.6 Å². The van der Waals surface area contributed by atoms with Crippen LogP contribution in [-0.2, 0) is 0 Å². The maximum Gasteiger partial charge on any atom is 0.322 e. The maximum absolute atomic E-state index is 13.3. The SMILES string of the molecule is O=C(Nc1cccc(Cl)c1)c1nnc([C@H]2CCCN2C(=O)Nc2ccc(F)c(Cl)c2)s1. The van der Waals surface area contributed by atoms with E-state index in [0.29, 0.717) is 34.4 Å². The number of hydrogen-bond acceptors (Lipinski definition) is 5. The second-order valence-electron chi connectivity index (χ2n) is 6.82. The number of nitrogens with one attached hydrogen (secondary N) is 2. The van der Waals surface area contributed by atoms with Gasteiger partial charge in [0.25, 0.3) is 5.91 Å². The predicted molar refractivity (Wildman–Crippen MR) is 118 cm³/mol. The molecule has 2 heterocycles. The molecule has 0 bridgehead atoms. The van der Waals surface area contributed by atoms with Gasteiger partial charge in [-0.1, -0.05) is 40.6 Å². The number of urea groups is 1. The quantitative estimate of drug-likeness (QED) is 0.509. The minimum Gasteiger partial charge on any atom is -0.320 e. The van der Waals surface area contributed by atoms with Gasteiger partial charge in [-0.2, -0.15) is 0 Å². The number of amides is 3. The highest BCUT2D eigenvalue weighted by atomic mass is 35.5. The van der Waals surface area contributed by atoms with Crippen molar-refractivity contribution in [2.24, 2.45) is 0 Å². The van der Waals surface area contributed by atoms with E-state index in [-0.39, 0.29) is 22.1 Å². The Morgan fingerprint density at radius 2 is 1.90 bits per heavy atom. The molecule has 0 unspecified atom stereocenters. The zero-order valence-corrected chi connectivity index (χ0v) is 18.3. The summed E-state index contributed by atoms with van der Waals surface area (Å²) in [5.41, 5.74) is 0.940. The Morgan fingerprint density at radius 1 is 1.10 bits per heavy atom. The molecule has 3 amide bonds. The number of hydrogen-bond donors (Lipinski definition) is 2. The van der Waals surface area contributed by atoms with Crippen LogP contribution in [0.25, 0.3) is 0 Å². The predicted octanol–water partition coefficient (Wildman–Crippen LogP) is 5.61. The molecular formula is C20H16Cl2FN5O2S. The van der Waals surface area contributed by atoms with Crippen molar-refractivity contribution in [3.63, 3.8) is 0 Å². The molecule has 2 aromatic carbocycles. The molecule has 1 fully saturated rings. The maximum atomic E-state index is 13.3. The van der Waals surface area contributed by atoms with Crippen molar-refractivity contribution < 1.29 is 14.0 Å². The lowest BCUT2D eigenvalue weighted by Crippen LogP contribution is -2.34. The van der Waals surface area contributed by atoms with Gasteiger partial charge in [0.1, 0.15) is 10.8 Å². The first-order valence-corrected chi connectivity index (χ1v) is 10.9. The highest BCUT2D eigenvalue weighted by Crippen LogP contribution is 2.34. The molecule has 1 aliphatic heterocycles. The molecule has 31 heavy (non-hydrogen) atoms. The van der Waals surface area contributed by atoms with Crippen LogP contribution in [0.4, 0.5) is 20.6 Å². The summed E-state index contributed by atoms with van der Waals surface area (Å²) in [5, 5.41) is 14.8. The van der Waals surface area contributed by atoms with Gasteiger partial charge >= 0.3 is 6.03 Å². The Labute approximate surface area is 191 Å². The molecule has 0 spiro atoms. The van der Waals surface area contributed by atoms with E-state index >= 15 is 0 Å². The van der Waals surface area contributed by atoms with Crippen molar-refractivity contribution in [1.29, 1.82) is 0 Å². The zero-order valence-electron chi connectivity index (χ0n) is 15.9. The van der Waals surface area contributed by atoms with Crippen LogP contribution in [0.15, 0.2) is 42.5 Å². The number of nitrogens with zero attached hydrogens (tertiary/aromatic N) is 3. The number of halogens is 3. The van der Waals surface area contributed by atoms with Gasteiger partial charge in [-0.05, 0) is 49.2 Å². The van der Waals surface area contributed by atoms with Crippen LogP contribution in [0, 0.1) is 5.82 Å². The van der Waals surface area contributed by atoms with E-state index in [9.17, 15) is 14.0 Å². The minimum atomic E-state index is -0.559. The number of aromatic nitrogens is 2. The number of rotatable bonds is 4. The fourth-order valence-corrected chi connectivity index (χ4v) is 4.50. The molecule has 1 aliphatic rings. The average Bonchev–Trinajstić information content (AvgIpc) is 3.40. The molecule has 1 aromatic heterocycles. The molecule has 0 radical (unpaired) electrons. The van der Waals surface area contributed by atoms with Crippen LogP contribution in [0.2, 0.25) is 10.0 Å². The summed E-state index contributed by atoms with van der Waals surface area (Å²) >= 11 is 12.9. The summed E-state index contributed by atoms with van der Waals surface area (Å²) in [6.45, 7) is 0.523. The first-order chi connectivity index (χ1) is 14.9. The van der Waals surface area contributed by atoms with Gasteiger partial charge in [0.05, 0.1) is 11.1 Å². The molecule has 11 heteroatoms. The van der Waals surface area contributed by atoms with Crippen molar-refractivity contribution in [2.45, 2.75) is 18.9 Å². The monoisotopic (exact) mass is 479 g/mol. The molecule has 4 rings (SSSR count). The van der Waals surface area contributed by atoms with Gasteiger partial charge in [0.15, 0.2) is 0 Å². The number of benzene rings is 2. The van der Waals surface area contributed by atoms with E-state index in [4.69, 9.17) is 23.2 Å². The van der Waals surface area contributed by atoms with Crippen molar-refractivity contribution >= 4 is 57.9 Å². The summed E-state index contributed by atoms with van der Waals surface area (Å²) in [4.78, 5) is 26.9. The normalized spacial score (nSPS) is 15.7. The van der Waals surface area contributed by atoms with Gasteiger partial charge in [0.2, 0.25) is 5.01 Å². The Morgan fingerprint density at radius 3 is 2.68 bits per heavy atom. The standard InChI is InChI=1S/C20H16Cl2FN5O2S/c21-11-3-1-4-12(9-11)24-17(29)19-27-26-18(31-19)16-5-2-8-28(16)20(30)25-13-6-7-15(23)14(22)10-13/h1,3-4,6-7,9-10,16H,2,5,8H2,(H,24,29)(H,25,30)/t16-/m1/s1. The molecule has 160 valence electrons. The molecule has 7 nitrogen and oxygen atoms in total. The smallest absolute Gasteiger partial charge is 0.320 e. The molecular weight excluding hydrogens is 464 g/mol. The van der Waals surface area contributed by atoms with Gasteiger partial charge < -0.3 is 15.5 Å². The minimum absolute atomic E-state index is 0.0738. The first-order valence-electron chi connectivity index (χ1n) is 9.34. The van der Waals surface area contributed by atoms with Crippen LogP contribution < -0.4 is 10.6 Å². The van der Waals surface area contributed by atoms with E-state index in [0.717, 1.165) is 17.8 Å². The summed E-state index contributed by atoms with van der Waals surface area (Å²) in [6.07, 6.45) is 1.48. The lowest BCUT2D eigenvalue weighted by atomic mass is 10.2. The molecule has 3 aromatic rings. The molecule has 1 atom stereocenters. The Balaban J connectivity index is 1.45. The highest BCUT2D eigenvalue weighted by Gasteiger charge is 2.33. The van der Waals surface area contributed by atoms with E-state index < -0.39 is 11.7 Å². The largest absolute Gasteiger partial charge is 0.322 e. The Hall–Kier alpha value is -2.75. The van der Waals surface area contributed by atoms with E-state index in [1.54, 1.807) is 29.2 Å². The number of anilines is 2. The average molecular weight is 480 g/mol. The lowest BCUT2D eigenvalue weighted by Gasteiger charge is -2.23.